The van der Waals surface area contributed by atoms with Crippen LogP contribution in [0.3, 0.4) is 0 Å². The van der Waals surface area contributed by atoms with E-state index in [4.69, 9.17) is 11.6 Å². The van der Waals surface area contributed by atoms with Crippen molar-refractivity contribution >= 4 is 28.9 Å². The first-order valence-electron chi connectivity index (χ1n) is 6.74. The van der Waals surface area contributed by atoms with Crippen LogP contribution >= 0.6 is 11.6 Å². The third-order valence-corrected chi connectivity index (χ3v) is 3.83. The Bertz CT molecular complexity index is 690. The molecule has 2 aromatic rings. The van der Waals surface area contributed by atoms with E-state index in [9.17, 15) is 9.18 Å². The predicted molar refractivity (Wildman–Crippen MR) is 82.3 cm³/mol. The molecule has 1 aliphatic heterocycles. The molecule has 0 saturated heterocycles. The highest BCUT2D eigenvalue weighted by Crippen LogP contribution is 2.32. The van der Waals surface area contributed by atoms with Crippen LogP contribution in [0.15, 0.2) is 42.5 Å². The summed E-state index contributed by atoms with van der Waals surface area (Å²) in [5.74, 6) is -1.01. The quantitative estimate of drug-likeness (QED) is 0.880. The molecule has 0 fully saturated rings. The first kappa shape index (κ1) is 13.9. The molecule has 3 rings (SSSR count). The summed E-state index contributed by atoms with van der Waals surface area (Å²) in [5.41, 5.74) is 2.05. The van der Waals surface area contributed by atoms with Gasteiger partial charge in [-0.25, -0.2) is 4.39 Å². The van der Waals surface area contributed by atoms with E-state index in [1.807, 2.05) is 24.3 Å². The molecule has 0 aromatic heterocycles. The van der Waals surface area contributed by atoms with E-state index in [-0.39, 0.29) is 17.5 Å². The minimum atomic E-state index is -0.530. The minimum Gasteiger partial charge on any atom is -0.385 e. The third kappa shape index (κ3) is 2.85. The van der Waals surface area contributed by atoms with Crippen LogP contribution in [0.4, 0.5) is 15.8 Å². The van der Waals surface area contributed by atoms with Crippen LogP contribution in [0, 0.1) is 5.82 Å². The third-order valence-electron chi connectivity index (χ3n) is 3.59. The number of amides is 1. The van der Waals surface area contributed by atoms with Crippen molar-refractivity contribution in [1.29, 1.82) is 0 Å². The van der Waals surface area contributed by atoms with Crippen molar-refractivity contribution in [2.45, 2.75) is 12.3 Å². The predicted octanol–water partition coefficient (Wildman–Crippen LogP) is 4.02. The summed E-state index contributed by atoms with van der Waals surface area (Å²) < 4.78 is 13.8. The van der Waals surface area contributed by atoms with Gasteiger partial charge in [-0.3, -0.25) is 4.79 Å². The molecule has 1 unspecified atom stereocenters. The molecule has 0 saturated carbocycles. The van der Waals surface area contributed by atoms with Crippen LogP contribution in [0.1, 0.15) is 17.9 Å². The van der Waals surface area contributed by atoms with Crippen molar-refractivity contribution in [2.24, 2.45) is 0 Å². The Labute approximate surface area is 127 Å². The van der Waals surface area contributed by atoms with Gasteiger partial charge in [-0.1, -0.05) is 29.8 Å². The molecule has 0 bridgehead atoms. The van der Waals surface area contributed by atoms with Crippen LogP contribution in [-0.2, 0) is 4.79 Å². The van der Waals surface area contributed by atoms with Crippen molar-refractivity contribution in [2.75, 3.05) is 17.2 Å². The zero-order chi connectivity index (χ0) is 14.8. The molecule has 0 aliphatic carbocycles. The summed E-state index contributed by atoms with van der Waals surface area (Å²) in [5, 5.41) is 6.21. The van der Waals surface area contributed by atoms with Gasteiger partial charge in [-0.05, 0) is 36.2 Å². The monoisotopic (exact) mass is 304 g/mol. The van der Waals surface area contributed by atoms with E-state index in [1.165, 1.54) is 12.1 Å². The first-order chi connectivity index (χ1) is 10.1. The Morgan fingerprint density at radius 3 is 2.90 bits per heavy atom. The van der Waals surface area contributed by atoms with Gasteiger partial charge in [-0.15, -0.1) is 0 Å². The zero-order valence-corrected chi connectivity index (χ0v) is 12.0. The summed E-state index contributed by atoms with van der Waals surface area (Å²) >= 11 is 5.71. The van der Waals surface area contributed by atoms with Gasteiger partial charge < -0.3 is 10.6 Å². The molecular weight excluding hydrogens is 291 g/mol. The second-order valence-electron chi connectivity index (χ2n) is 4.97. The summed E-state index contributed by atoms with van der Waals surface area (Å²) in [6.07, 6.45) is 0.679. The standard InChI is InChI=1S/C16H14ClFN2O/c17-10-5-6-15(13(18)9-10)20-16(21)12-7-8-19-14-4-2-1-3-11(12)14/h1-6,9,12,19H,7-8H2,(H,20,21). The van der Waals surface area contributed by atoms with Crippen LogP contribution in [0.2, 0.25) is 5.02 Å². The summed E-state index contributed by atoms with van der Waals surface area (Å²) in [6.45, 7) is 0.720. The fourth-order valence-electron chi connectivity index (χ4n) is 2.55. The van der Waals surface area contributed by atoms with Crippen LogP contribution in [0.25, 0.3) is 0 Å². The van der Waals surface area contributed by atoms with Crippen molar-refractivity contribution in [1.82, 2.24) is 0 Å². The lowest BCUT2D eigenvalue weighted by atomic mass is 9.90. The van der Waals surface area contributed by atoms with Crippen LogP contribution < -0.4 is 10.6 Å². The van der Waals surface area contributed by atoms with Gasteiger partial charge >= 0.3 is 0 Å². The molecule has 1 heterocycles. The Kier molecular flexibility index (Phi) is 3.80. The van der Waals surface area contributed by atoms with E-state index in [0.29, 0.717) is 11.4 Å². The molecule has 1 atom stereocenters. The van der Waals surface area contributed by atoms with Gasteiger partial charge in [0.25, 0.3) is 0 Å². The van der Waals surface area contributed by atoms with Crippen molar-refractivity contribution in [3.63, 3.8) is 0 Å². The molecule has 3 nitrogen and oxygen atoms in total. The van der Waals surface area contributed by atoms with E-state index in [0.717, 1.165) is 17.8 Å². The number of para-hydroxylation sites is 1. The van der Waals surface area contributed by atoms with Gasteiger partial charge in [0.05, 0.1) is 11.6 Å². The van der Waals surface area contributed by atoms with E-state index >= 15 is 0 Å². The molecule has 5 heteroatoms. The van der Waals surface area contributed by atoms with Gasteiger partial charge in [-0.2, -0.15) is 0 Å². The van der Waals surface area contributed by atoms with Gasteiger partial charge in [0.15, 0.2) is 0 Å². The SMILES string of the molecule is O=C(Nc1ccc(Cl)cc1F)C1CCNc2ccccc21. The topological polar surface area (TPSA) is 41.1 Å². The lowest BCUT2D eigenvalue weighted by Gasteiger charge is -2.25. The van der Waals surface area contributed by atoms with Crippen molar-refractivity contribution in [3.8, 4) is 0 Å². The second-order valence-corrected chi connectivity index (χ2v) is 5.41. The summed E-state index contributed by atoms with van der Waals surface area (Å²) in [6, 6.07) is 11.9. The Hall–Kier alpha value is -2.07. The molecule has 21 heavy (non-hydrogen) atoms. The lowest BCUT2D eigenvalue weighted by Crippen LogP contribution is -2.27. The highest BCUT2D eigenvalue weighted by atomic mass is 35.5. The van der Waals surface area contributed by atoms with Crippen LogP contribution in [0.5, 0.6) is 0 Å². The molecule has 1 amide bonds. The average Bonchev–Trinajstić information content (AvgIpc) is 2.49. The molecule has 2 aromatic carbocycles. The molecule has 0 spiro atoms. The van der Waals surface area contributed by atoms with Gasteiger partial charge in [0.2, 0.25) is 5.91 Å². The highest BCUT2D eigenvalue weighted by molar-refractivity contribution is 6.30. The lowest BCUT2D eigenvalue weighted by molar-refractivity contribution is -0.117. The molecular formula is C16H14ClFN2O. The number of fused-ring (bicyclic) bond motifs is 1. The van der Waals surface area contributed by atoms with Crippen molar-refractivity contribution in [3.05, 3.63) is 58.9 Å². The molecule has 1 aliphatic rings. The number of carbonyl (C=O) groups excluding carboxylic acids is 1. The molecule has 108 valence electrons. The van der Waals surface area contributed by atoms with Crippen molar-refractivity contribution < 1.29 is 9.18 Å². The van der Waals surface area contributed by atoms with Crippen LogP contribution in [-0.4, -0.2) is 12.5 Å². The number of benzene rings is 2. The summed E-state index contributed by atoms with van der Waals surface area (Å²) in [7, 11) is 0. The maximum atomic E-state index is 13.8. The number of carbonyl (C=O) groups is 1. The minimum absolute atomic E-state index is 0.153. The number of hydrogen-bond acceptors (Lipinski definition) is 2. The average molecular weight is 305 g/mol. The van der Waals surface area contributed by atoms with E-state index < -0.39 is 5.82 Å². The normalized spacial score (nSPS) is 16.8. The fourth-order valence-corrected chi connectivity index (χ4v) is 2.71. The number of halogens is 2. The zero-order valence-electron chi connectivity index (χ0n) is 11.2. The highest BCUT2D eigenvalue weighted by Gasteiger charge is 2.26. The second kappa shape index (κ2) is 5.74. The molecule has 2 N–H and O–H groups in total. The maximum Gasteiger partial charge on any atom is 0.232 e. The number of rotatable bonds is 2. The smallest absolute Gasteiger partial charge is 0.232 e. The summed E-state index contributed by atoms with van der Waals surface area (Å²) in [4.78, 5) is 12.4. The Morgan fingerprint density at radius 1 is 1.29 bits per heavy atom. The Morgan fingerprint density at radius 2 is 2.10 bits per heavy atom. The largest absolute Gasteiger partial charge is 0.385 e. The number of anilines is 2. The van der Waals surface area contributed by atoms with E-state index in [2.05, 4.69) is 10.6 Å². The maximum absolute atomic E-state index is 13.8. The molecule has 0 radical (unpaired) electrons. The van der Waals surface area contributed by atoms with Gasteiger partial charge in [0.1, 0.15) is 5.82 Å². The first-order valence-corrected chi connectivity index (χ1v) is 7.11. The Balaban J connectivity index is 1.83. The number of hydrogen-bond donors (Lipinski definition) is 2. The number of nitrogens with one attached hydrogen (secondary N) is 2. The van der Waals surface area contributed by atoms with Gasteiger partial charge in [0, 0.05) is 17.3 Å². The fraction of sp³-hybridized carbons (Fsp3) is 0.188. The van der Waals surface area contributed by atoms with E-state index in [1.54, 1.807) is 6.07 Å².